The third-order valence-electron chi connectivity index (χ3n) is 4.43. The summed E-state index contributed by atoms with van der Waals surface area (Å²) in [6, 6.07) is 14.9. The number of carbonyl (C=O) groups excluding carboxylic acids is 2. The molecule has 0 amide bonds. The Bertz CT molecular complexity index is 800. The van der Waals surface area contributed by atoms with Gasteiger partial charge in [-0.3, -0.25) is 9.69 Å². The maximum atomic E-state index is 12.9. The maximum Gasteiger partial charge on any atom is 0.341 e. The molecule has 0 aromatic heterocycles. The Morgan fingerprint density at radius 2 is 1.64 bits per heavy atom. The van der Waals surface area contributed by atoms with Crippen molar-refractivity contribution in [3.63, 3.8) is 0 Å². The molecular weight excluding hydrogens is 378 g/mol. The number of hydrogen-bond acceptors (Lipinski definition) is 5. The van der Waals surface area contributed by atoms with Crippen molar-refractivity contribution >= 4 is 24.2 Å². The second-order valence-corrected chi connectivity index (χ2v) is 7.34. The normalized spacial score (nSPS) is 10.9. The number of nitrogens with zero attached hydrogens (tertiary/aromatic N) is 1. The molecule has 5 nitrogen and oxygen atoms in total. The van der Waals surface area contributed by atoms with E-state index in [1.165, 1.54) is 20.3 Å². The molecule has 0 saturated heterocycles. The first-order valence-electron chi connectivity index (χ1n) is 8.84. The molecule has 0 saturated carbocycles. The molecule has 0 bridgehead atoms. The van der Waals surface area contributed by atoms with Crippen molar-refractivity contribution in [2.24, 2.45) is 0 Å². The molecular formula is C22H28ClNO4. The average Bonchev–Trinajstić information content (AvgIpc) is 2.66. The van der Waals surface area contributed by atoms with Crippen molar-refractivity contribution < 1.29 is 19.1 Å². The van der Waals surface area contributed by atoms with Gasteiger partial charge in [-0.05, 0) is 44.5 Å². The molecule has 152 valence electrons. The summed E-state index contributed by atoms with van der Waals surface area (Å²) in [5.74, 6) is -0.206. The fourth-order valence-corrected chi connectivity index (χ4v) is 2.75. The van der Waals surface area contributed by atoms with Gasteiger partial charge in [0.2, 0.25) is 0 Å². The SMILES string of the molecule is COC(=O)c1cc(C(=O)CN(Cc2ccccc2)C(C)(C)C)ccc1OC.Cl. The second-order valence-electron chi connectivity index (χ2n) is 7.34. The van der Waals surface area contributed by atoms with Crippen LogP contribution in [0, 0.1) is 0 Å². The minimum atomic E-state index is -0.529. The quantitative estimate of drug-likeness (QED) is 0.505. The predicted molar refractivity (Wildman–Crippen MR) is 113 cm³/mol. The highest BCUT2D eigenvalue weighted by Crippen LogP contribution is 2.23. The molecule has 0 radical (unpaired) electrons. The highest BCUT2D eigenvalue weighted by Gasteiger charge is 2.25. The first-order valence-corrected chi connectivity index (χ1v) is 8.84. The van der Waals surface area contributed by atoms with Gasteiger partial charge in [0.15, 0.2) is 5.78 Å². The van der Waals surface area contributed by atoms with E-state index in [-0.39, 0.29) is 35.8 Å². The lowest BCUT2D eigenvalue weighted by atomic mass is 10.0. The van der Waals surface area contributed by atoms with Gasteiger partial charge in [-0.1, -0.05) is 30.3 Å². The molecule has 2 aromatic rings. The summed E-state index contributed by atoms with van der Waals surface area (Å²) in [6.45, 7) is 7.15. The van der Waals surface area contributed by atoms with Crippen LogP contribution in [-0.2, 0) is 11.3 Å². The van der Waals surface area contributed by atoms with Crippen molar-refractivity contribution in [2.45, 2.75) is 32.9 Å². The number of Topliss-reactive ketones (excluding diaryl/α,β-unsaturated/α-hetero) is 1. The van der Waals surface area contributed by atoms with Crippen molar-refractivity contribution in [2.75, 3.05) is 20.8 Å². The van der Waals surface area contributed by atoms with E-state index < -0.39 is 5.97 Å². The highest BCUT2D eigenvalue weighted by molar-refractivity contribution is 6.01. The summed E-state index contributed by atoms with van der Waals surface area (Å²) >= 11 is 0. The standard InChI is InChI=1S/C22H27NO4.ClH/c1-22(2,3)23(14-16-9-7-6-8-10-16)15-19(24)17-11-12-20(26-4)18(13-17)21(25)27-5;/h6-13H,14-15H2,1-5H3;1H. The van der Waals surface area contributed by atoms with Gasteiger partial charge in [-0.15, -0.1) is 12.4 Å². The second kappa shape index (κ2) is 10.2. The minimum Gasteiger partial charge on any atom is -0.496 e. The van der Waals surface area contributed by atoms with Gasteiger partial charge >= 0.3 is 5.97 Å². The van der Waals surface area contributed by atoms with Crippen molar-refractivity contribution in [1.82, 2.24) is 4.90 Å². The number of halogens is 1. The van der Waals surface area contributed by atoms with E-state index in [2.05, 4.69) is 25.7 Å². The van der Waals surface area contributed by atoms with Crippen LogP contribution in [0.4, 0.5) is 0 Å². The Kier molecular flexibility index (Phi) is 8.66. The maximum absolute atomic E-state index is 12.9. The van der Waals surface area contributed by atoms with Crippen molar-refractivity contribution in [3.05, 3.63) is 65.2 Å². The molecule has 0 atom stereocenters. The molecule has 0 N–H and O–H groups in total. The Labute approximate surface area is 173 Å². The largest absolute Gasteiger partial charge is 0.496 e. The number of esters is 1. The van der Waals surface area contributed by atoms with Gasteiger partial charge in [0.1, 0.15) is 11.3 Å². The summed E-state index contributed by atoms with van der Waals surface area (Å²) in [6.07, 6.45) is 0. The Hall–Kier alpha value is -2.37. The first-order chi connectivity index (χ1) is 12.8. The zero-order chi connectivity index (χ0) is 20.0. The molecule has 0 heterocycles. The van der Waals surface area contributed by atoms with Gasteiger partial charge in [0, 0.05) is 17.6 Å². The molecule has 28 heavy (non-hydrogen) atoms. The van der Waals surface area contributed by atoms with Crippen LogP contribution in [0.3, 0.4) is 0 Å². The summed E-state index contributed by atoms with van der Waals surface area (Å²) in [5, 5.41) is 0. The van der Waals surface area contributed by atoms with E-state index in [9.17, 15) is 9.59 Å². The van der Waals surface area contributed by atoms with Gasteiger partial charge in [-0.2, -0.15) is 0 Å². The molecule has 0 aliphatic rings. The van der Waals surface area contributed by atoms with Gasteiger partial charge in [0.05, 0.1) is 20.8 Å². The molecule has 0 spiro atoms. The van der Waals surface area contributed by atoms with Crippen LogP contribution in [-0.4, -0.2) is 43.0 Å². The zero-order valence-corrected chi connectivity index (χ0v) is 17.8. The van der Waals surface area contributed by atoms with Gasteiger partial charge in [0.25, 0.3) is 0 Å². The predicted octanol–water partition coefficient (Wildman–Crippen LogP) is 4.39. The van der Waals surface area contributed by atoms with E-state index in [0.29, 0.717) is 17.9 Å². The molecule has 2 aromatic carbocycles. The van der Waals surface area contributed by atoms with Crippen LogP contribution in [0.1, 0.15) is 47.1 Å². The number of methoxy groups -OCH3 is 2. The number of carbonyl (C=O) groups is 2. The molecule has 0 fully saturated rings. The number of benzene rings is 2. The first kappa shape index (κ1) is 23.7. The Morgan fingerprint density at radius 1 is 1.00 bits per heavy atom. The summed E-state index contributed by atoms with van der Waals surface area (Å²) < 4.78 is 9.98. The number of rotatable bonds is 7. The molecule has 6 heteroatoms. The number of ketones is 1. The number of hydrogen-bond donors (Lipinski definition) is 0. The van der Waals surface area contributed by atoms with Crippen LogP contribution in [0.25, 0.3) is 0 Å². The van der Waals surface area contributed by atoms with Crippen molar-refractivity contribution in [3.8, 4) is 5.75 Å². The third kappa shape index (κ3) is 6.08. The van der Waals surface area contributed by atoms with E-state index >= 15 is 0 Å². The molecule has 0 unspecified atom stereocenters. The Morgan fingerprint density at radius 3 is 2.18 bits per heavy atom. The molecule has 0 aliphatic heterocycles. The van der Waals surface area contributed by atoms with Crippen LogP contribution in [0.2, 0.25) is 0 Å². The zero-order valence-electron chi connectivity index (χ0n) is 17.0. The third-order valence-corrected chi connectivity index (χ3v) is 4.43. The summed E-state index contributed by atoms with van der Waals surface area (Å²) in [5.41, 5.74) is 1.66. The lowest BCUT2D eigenvalue weighted by Gasteiger charge is -2.35. The van der Waals surface area contributed by atoms with E-state index in [1.54, 1.807) is 12.1 Å². The van der Waals surface area contributed by atoms with Crippen LogP contribution in [0.5, 0.6) is 5.75 Å². The van der Waals surface area contributed by atoms with E-state index in [4.69, 9.17) is 9.47 Å². The Balaban J connectivity index is 0.00000392. The van der Waals surface area contributed by atoms with Gasteiger partial charge < -0.3 is 9.47 Å². The fraction of sp³-hybridized carbons (Fsp3) is 0.364. The fourth-order valence-electron chi connectivity index (χ4n) is 2.75. The summed E-state index contributed by atoms with van der Waals surface area (Å²) in [4.78, 5) is 27.0. The van der Waals surface area contributed by atoms with Gasteiger partial charge in [-0.25, -0.2) is 4.79 Å². The lowest BCUT2D eigenvalue weighted by Crippen LogP contribution is -2.43. The van der Waals surface area contributed by atoms with Crippen LogP contribution >= 0.6 is 12.4 Å². The van der Waals surface area contributed by atoms with Crippen molar-refractivity contribution in [1.29, 1.82) is 0 Å². The highest BCUT2D eigenvalue weighted by atomic mass is 35.5. The monoisotopic (exact) mass is 405 g/mol. The van der Waals surface area contributed by atoms with E-state index in [0.717, 1.165) is 5.56 Å². The average molecular weight is 406 g/mol. The number of ether oxygens (including phenoxy) is 2. The summed E-state index contributed by atoms with van der Waals surface area (Å²) in [7, 11) is 2.78. The smallest absolute Gasteiger partial charge is 0.341 e. The minimum absolute atomic E-state index is 0. The molecule has 2 rings (SSSR count). The van der Waals surface area contributed by atoms with Crippen LogP contribution < -0.4 is 4.74 Å². The van der Waals surface area contributed by atoms with E-state index in [1.807, 2.05) is 30.3 Å². The van der Waals surface area contributed by atoms with Crippen LogP contribution in [0.15, 0.2) is 48.5 Å². The topological polar surface area (TPSA) is 55.8 Å². The molecule has 0 aliphatic carbocycles. The lowest BCUT2D eigenvalue weighted by molar-refractivity contribution is 0.0597.